The molecule has 1 aromatic rings. The molecule has 2 heterocycles. The van der Waals surface area contributed by atoms with E-state index in [1.54, 1.807) is 4.90 Å². The number of aryl methyl sites for hydroxylation is 1. The second-order valence-corrected chi connectivity index (χ2v) is 5.85. The number of carbonyl (C=O) groups is 3. The first kappa shape index (κ1) is 15.3. The minimum atomic E-state index is -0.484. The smallest absolute Gasteiger partial charge is 0.325 e. The van der Waals surface area contributed by atoms with Gasteiger partial charge in [-0.25, -0.2) is 4.79 Å². The average molecular weight is 316 g/mol. The van der Waals surface area contributed by atoms with Crippen molar-refractivity contribution in [3.63, 3.8) is 0 Å². The first-order chi connectivity index (χ1) is 11.0. The normalized spacial score (nSPS) is 18.4. The van der Waals surface area contributed by atoms with Crippen LogP contribution in [-0.4, -0.2) is 66.9 Å². The predicted octanol–water partition coefficient (Wildman–Crippen LogP) is 0.195. The van der Waals surface area contributed by atoms with Crippen LogP contribution in [0.25, 0.3) is 0 Å². The van der Waals surface area contributed by atoms with E-state index in [1.165, 1.54) is 5.56 Å². The van der Waals surface area contributed by atoms with E-state index in [4.69, 9.17) is 0 Å². The zero-order valence-electron chi connectivity index (χ0n) is 13.1. The summed E-state index contributed by atoms with van der Waals surface area (Å²) in [6.07, 6.45) is 0. The van der Waals surface area contributed by atoms with Crippen molar-refractivity contribution in [1.82, 2.24) is 15.1 Å². The second-order valence-electron chi connectivity index (χ2n) is 5.85. The Hall–Kier alpha value is -2.57. The quantitative estimate of drug-likeness (QED) is 0.808. The maximum atomic E-state index is 12.3. The van der Waals surface area contributed by atoms with E-state index in [1.807, 2.05) is 6.07 Å². The van der Waals surface area contributed by atoms with Crippen LogP contribution in [0.15, 0.2) is 24.3 Å². The molecule has 7 heteroatoms. The number of piperazine rings is 1. The lowest BCUT2D eigenvalue weighted by Gasteiger charge is -2.36. The van der Waals surface area contributed by atoms with Crippen LogP contribution in [0, 0.1) is 6.92 Å². The lowest BCUT2D eigenvalue weighted by molar-refractivity contribution is -0.136. The Morgan fingerprint density at radius 2 is 1.91 bits per heavy atom. The Morgan fingerprint density at radius 1 is 1.17 bits per heavy atom. The van der Waals surface area contributed by atoms with Crippen LogP contribution < -0.4 is 10.2 Å². The highest BCUT2D eigenvalue weighted by molar-refractivity contribution is 6.04. The number of imide groups is 1. The molecule has 0 radical (unpaired) electrons. The Morgan fingerprint density at radius 3 is 2.52 bits per heavy atom. The van der Waals surface area contributed by atoms with E-state index in [-0.39, 0.29) is 24.9 Å². The van der Waals surface area contributed by atoms with Gasteiger partial charge in [-0.1, -0.05) is 12.1 Å². The summed E-state index contributed by atoms with van der Waals surface area (Å²) in [5, 5.41) is 2.42. The summed E-state index contributed by atoms with van der Waals surface area (Å²) < 4.78 is 0. The molecule has 0 bridgehead atoms. The van der Waals surface area contributed by atoms with Crippen molar-refractivity contribution in [3.8, 4) is 0 Å². The number of hydrogen-bond acceptors (Lipinski definition) is 4. The van der Waals surface area contributed by atoms with Crippen molar-refractivity contribution in [1.29, 1.82) is 0 Å². The molecule has 122 valence electrons. The molecule has 2 aliphatic heterocycles. The van der Waals surface area contributed by atoms with Gasteiger partial charge in [0.15, 0.2) is 0 Å². The monoisotopic (exact) mass is 316 g/mol. The highest BCUT2D eigenvalue weighted by Crippen LogP contribution is 2.18. The number of nitrogens with zero attached hydrogens (tertiary/aromatic N) is 3. The van der Waals surface area contributed by atoms with Crippen molar-refractivity contribution in [3.05, 3.63) is 29.8 Å². The van der Waals surface area contributed by atoms with Crippen LogP contribution in [0.1, 0.15) is 5.56 Å². The van der Waals surface area contributed by atoms with E-state index >= 15 is 0 Å². The summed E-state index contributed by atoms with van der Waals surface area (Å²) in [4.78, 5) is 40.2. The fourth-order valence-electron chi connectivity index (χ4n) is 2.89. The molecule has 0 unspecified atom stereocenters. The zero-order valence-corrected chi connectivity index (χ0v) is 13.1. The first-order valence-electron chi connectivity index (χ1n) is 7.72. The summed E-state index contributed by atoms with van der Waals surface area (Å²) in [6, 6.07) is 7.80. The Bertz CT molecular complexity index is 622. The van der Waals surface area contributed by atoms with Crippen molar-refractivity contribution in [2.75, 3.05) is 44.2 Å². The van der Waals surface area contributed by atoms with E-state index in [0.29, 0.717) is 13.1 Å². The summed E-state index contributed by atoms with van der Waals surface area (Å²) in [5.41, 5.74) is 2.37. The summed E-state index contributed by atoms with van der Waals surface area (Å²) in [5.74, 6) is -0.527. The summed E-state index contributed by atoms with van der Waals surface area (Å²) in [7, 11) is 0. The first-order valence-corrected chi connectivity index (χ1v) is 7.72. The van der Waals surface area contributed by atoms with Gasteiger partial charge in [-0.15, -0.1) is 0 Å². The van der Waals surface area contributed by atoms with Gasteiger partial charge in [0.1, 0.15) is 6.54 Å². The number of carbonyl (C=O) groups excluding carboxylic acids is 3. The second kappa shape index (κ2) is 6.28. The van der Waals surface area contributed by atoms with E-state index in [9.17, 15) is 14.4 Å². The third-order valence-electron chi connectivity index (χ3n) is 4.23. The molecule has 1 N–H and O–H groups in total. The van der Waals surface area contributed by atoms with Gasteiger partial charge in [0, 0.05) is 31.9 Å². The number of nitrogens with one attached hydrogen (secondary N) is 1. The SMILES string of the molecule is Cc1cccc(N2CCN(C(=O)CN3C(=O)CNC3=O)CC2)c1. The van der Waals surface area contributed by atoms with Crippen LogP contribution >= 0.6 is 0 Å². The molecule has 2 fully saturated rings. The van der Waals surface area contributed by atoms with Gasteiger partial charge in [0.2, 0.25) is 5.91 Å². The van der Waals surface area contributed by atoms with Crippen molar-refractivity contribution in [2.45, 2.75) is 6.92 Å². The topological polar surface area (TPSA) is 73.0 Å². The molecule has 0 aliphatic carbocycles. The van der Waals surface area contributed by atoms with Gasteiger partial charge in [-0.3, -0.25) is 14.5 Å². The van der Waals surface area contributed by atoms with Gasteiger partial charge < -0.3 is 15.1 Å². The molecule has 2 saturated heterocycles. The molecule has 4 amide bonds. The molecule has 0 atom stereocenters. The molecular weight excluding hydrogens is 296 g/mol. The fraction of sp³-hybridized carbons (Fsp3) is 0.438. The van der Waals surface area contributed by atoms with Gasteiger partial charge in [0.05, 0.1) is 6.54 Å². The van der Waals surface area contributed by atoms with Crippen molar-refractivity contribution >= 4 is 23.5 Å². The average Bonchev–Trinajstić information content (AvgIpc) is 2.87. The van der Waals surface area contributed by atoms with Gasteiger partial charge in [0.25, 0.3) is 5.91 Å². The molecule has 0 spiro atoms. The van der Waals surface area contributed by atoms with Crippen molar-refractivity contribution < 1.29 is 14.4 Å². The molecule has 0 aromatic heterocycles. The number of benzene rings is 1. The number of hydrogen-bond donors (Lipinski definition) is 1. The van der Waals surface area contributed by atoms with E-state index in [0.717, 1.165) is 23.7 Å². The summed E-state index contributed by atoms with van der Waals surface area (Å²) in [6.45, 7) is 4.54. The molecule has 1 aromatic carbocycles. The Kier molecular flexibility index (Phi) is 4.18. The highest BCUT2D eigenvalue weighted by atomic mass is 16.2. The minimum absolute atomic E-state index is 0.0206. The molecule has 0 saturated carbocycles. The molecule has 3 rings (SSSR count). The van der Waals surface area contributed by atoms with Gasteiger partial charge in [-0.05, 0) is 24.6 Å². The standard InChI is InChI=1S/C16H20N4O3/c1-12-3-2-4-13(9-12)18-5-7-19(8-6-18)15(22)11-20-14(21)10-17-16(20)23/h2-4,9H,5-8,10-11H2,1H3,(H,17,23). The zero-order chi connectivity index (χ0) is 16.4. The molecule has 7 nitrogen and oxygen atoms in total. The van der Waals surface area contributed by atoms with Gasteiger partial charge in [-0.2, -0.15) is 0 Å². The van der Waals surface area contributed by atoms with Crippen LogP contribution in [0.5, 0.6) is 0 Å². The largest absolute Gasteiger partial charge is 0.368 e. The van der Waals surface area contributed by atoms with E-state index in [2.05, 4.69) is 35.3 Å². The molecule has 2 aliphatic rings. The third kappa shape index (κ3) is 3.28. The lowest BCUT2D eigenvalue weighted by Crippen LogP contribution is -2.52. The number of amides is 4. The number of anilines is 1. The van der Waals surface area contributed by atoms with Crippen LogP contribution in [0.4, 0.5) is 10.5 Å². The predicted molar refractivity (Wildman–Crippen MR) is 85.1 cm³/mol. The number of urea groups is 1. The van der Waals surface area contributed by atoms with Crippen LogP contribution in [0.2, 0.25) is 0 Å². The van der Waals surface area contributed by atoms with Crippen molar-refractivity contribution in [2.24, 2.45) is 0 Å². The molecule has 23 heavy (non-hydrogen) atoms. The van der Waals surface area contributed by atoms with Gasteiger partial charge >= 0.3 is 6.03 Å². The third-order valence-corrected chi connectivity index (χ3v) is 4.23. The summed E-state index contributed by atoms with van der Waals surface area (Å²) >= 11 is 0. The molecular formula is C16H20N4O3. The van der Waals surface area contributed by atoms with E-state index < -0.39 is 6.03 Å². The van der Waals surface area contributed by atoms with Crippen LogP contribution in [0.3, 0.4) is 0 Å². The fourth-order valence-corrected chi connectivity index (χ4v) is 2.89. The maximum Gasteiger partial charge on any atom is 0.325 e. The van der Waals surface area contributed by atoms with Crippen LogP contribution in [-0.2, 0) is 9.59 Å². The minimum Gasteiger partial charge on any atom is -0.368 e. The Labute approximate surface area is 134 Å². The maximum absolute atomic E-state index is 12.3. The lowest BCUT2D eigenvalue weighted by atomic mass is 10.2. The Balaban J connectivity index is 1.55. The highest BCUT2D eigenvalue weighted by Gasteiger charge is 2.32. The number of rotatable bonds is 3.